The number of rotatable bonds is 3. The zero-order valence-electron chi connectivity index (χ0n) is 9.90. The number of carbonyl (C=O) groups excluding carboxylic acids is 1. The molecule has 0 spiro atoms. The van der Waals surface area contributed by atoms with Crippen molar-refractivity contribution in [3.8, 4) is 5.75 Å². The second-order valence-electron chi connectivity index (χ2n) is 4.36. The topological polar surface area (TPSA) is 35.5 Å². The van der Waals surface area contributed by atoms with E-state index in [2.05, 4.69) is 0 Å². The van der Waals surface area contributed by atoms with Gasteiger partial charge in [-0.1, -0.05) is 18.5 Å². The van der Waals surface area contributed by atoms with Crippen LogP contribution in [0.1, 0.15) is 23.7 Å². The first-order chi connectivity index (χ1) is 8.11. The molecule has 1 aliphatic rings. The number of methoxy groups -OCH3 is 1. The molecule has 2 unspecified atom stereocenters. The third-order valence-corrected chi connectivity index (χ3v) is 3.21. The molecule has 1 aromatic rings. The average Bonchev–Trinajstić information content (AvgIpc) is 2.30. The van der Waals surface area contributed by atoms with Crippen molar-refractivity contribution in [3.05, 3.63) is 28.8 Å². The van der Waals surface area contributed by atoms with Gasteiger partial charge in [-0.2, -0.15) is 0 Å². The number of ketones is 1. The molecule has 0 fully saturated rings. The predicted octanol–water partition coefficient (Wildman–Crippen LogP) is 2.96. The summed E-state index contributed by atoms with van der Waals surface area (Å²) in [5.74, 6) is 0.896. The van der Waals surface area contributed by atoms with Crippen LogP contribution in [0.5, 0.6) is 5.75 Å². The van der Waals surface area contributed by atoms with E-state index in [1.165, 1.54) is 0 Å². The summed E-state index contributed by atoms with van der Waals surface area (Å²) in [7, 11) is 1.65. The Labute approximate surface area is 106 Å². The van der Waals surface area contributed by atoms with E-state index in [1.807, 2.05) is 6.92 Å². The average molecular weight is 255 g/mol. The van der Waals surface area contributed by atoms with E-state index < -0.39 is 0 Å². The summed E-state index contributed by atoms with van der Waals surface area (Å²) in [6.07, 6.45) is 0.272. The number of hydrogen-bond donors (Lipinski definition) is 0. The molecular formula is C13H15ClO3. The molecule has 1 aliphatic heterocycles. The molecule has 2 rings (SSSR count). The summed E-state index contributed by atoms with van der Waals surface area (Å²) in [6.45, 7) is 2.60. The minimum atomic E-state index is -0.115. The van der Waals surface area contributed by atoms with Crippen LogP contribution in [-0.2, 0) is 4.74 Å². The van der Waals surface area contributed by atoms with Gasteiger partial charge in [-0.15, -0.1) is 0 Å². The van der Waals surface area contributed by atoms with Crippen LogP contribution >= 0.6 is 11.6 Å². The van der Waals surface area contributed by atoms with E-state index in [9.17, 15) is 4.79 Å². The third-order valence-electron chi connectivity index (χ3n) is 2.97. The highest BCUT2D eigenvalue weighted by Gasteiger charge is 2.30. The van der Waals surface area contributed by atoms with Crippen molar-refractivity contribution < 1.29 is 14.3 Å². The minimum Gasteiger partial charge on any atom is -0.489 e. The minimum absolute atomic E-state index is 0.0849. The molecule has 1 heterocycles. The van der Waals surface area contributed by atoms with Crippen molar-refractivity contribution in [2.75, 3.05) is 13.7 Å². The standard InChI is InChI=1S/C13H15ClO3/c1-8(7-16-2)13-6-11(15)10-5-9(14)3-4-12(10)17-13/h3-5,8,13H,6-7H2,1-2H3. The summed E-state index contributed by atoms with van der Waals surface area (Å²) in [4.78, 5) is 12.0. The molecule has 0 saturated carbocycles. The summed E-state index contributed by atoms with van der Waals surface area (Å²) < 4.78 is 10.9. The fourth-order valence-electron chi connectivity index (χ4n) is 2.01. The molecule has 3 nitrogen and oxygen atoms in total. The van der Waals surface area contributed by atoms with Crippen LogP contribution in [0.3, 0.4) is 0 Å². The highest BCUT2D eigenvalue weighted by Crippen LogP contribution is 2.32. The van der Waals surface area contributed by atoms with Gasteiger partial charge in [-0.05, 0) is 18.2 Å². The Hall–Kier alpha value is -1.06. The second kappa shape index (κ2) is 5.07. The van der Waals surface area contributed by atoms with Crippen molar-refractivity contribution in [1.29, 1.82) is 0 Å². The molecule has 0 aliphatic carbocycles. The number of halogens is 1. The maximum absolute atomic E-state index is 12.0. The van der Waals surface area contributed by atoms with E-state index >= 15 is 0 Å². The smallest absolute Gasteiger partial charge is 0.170 e. The number of benzene rings is 1. The van der Waals surface area contributed by atoms with E-state index in [4.69, 9.17) is 21.1 Å². The molecular weight excluding hydrogens is 240 g/mol. The van der Waals surface area contributed by atoms with Crippen LogP contribution in [-0.4, -0.2) is 25.6 Å². The Morgan fingerprint density at radius 1 is 1.59 bits per heavy atom. The zero-order chi connectivity index (χ0) is 12.4. The normalized spacial score (nSPS) is 20.6. The lowest BCUT2D eigenvalue weighted by molar-refractivity contribution is 0.0524. The Morgan fingerprint density at radius 3 is 3.06 bits per heavy atom. The van der Waals surface area contributed by atoms with Crippen LogP contribution < -0.4 is 4.74 Å². The van der Waals surface area contributed by atoms with Crippen LogP contribution in [0.2, 0.25) is 5.02 Å². The van der Waals surface area contributed by atoms with E-state index in [1.54, 1.807) is 25.3 Å². The van der Waals surface area contributed by atoms with Gasteiger partial charge >= 0.3 is 0 Å². The van der Waals surface area contributed by atoms with Crippen LogP contribution in [0, 0.1) is 5.92 Å². The van der Waals surface area contributed by atoms with Crippen molar-refractivity contribution >= 4 is 17.4 Å². The summed E-state index contributed by atoms with van der Waals surface area (Å²) in [5, 5.41) is 0.559. The van der Waals surface area contributed by atoms with Crippen LogP contribution in [0.25, 0.3) is 0 Å². The second-order valence-corrected chi connectivity index (χ2v) is 4.79. The third kappa shape index (κ3) is 2.61. The Morgan fingerprint density at radius 2 is 2.35 bits per heavy atom. The van der Waals surface area contributed by atoms with Gasteiger partial charge in [-0.25, -0.2) is 0 Å². The highest BCUT2D eigenvalue weighted by atomic mass is 35.5. The summed E-state index contributed by atoms with van der Waals surface area (Å²) in [5.41, 5.74) is 0.582. The largest absolute Gasteiger partial charge is 0.489 e. The van der Waals surface area contributed by atoms with Crippen molar-refractivity contribution in [1.82, 2.24) is 0 Å². The molecule has 92 valence electrons. The number of fused-ring (bicyclic) bond motifs is 1. The van der Waals surface area contributed by atoms with Gasteiger partial charge in [0, 0.05) is 24.5 Å². The molecule has 0 amide bonds. The quantitative estimate of drug-likeness (QED) is 0.832. The van der Waals surface area contributed by atoms with Crippen molar-refractivity contribution in [2.45, 2.75) is 19.4 Å². The molecule has 4 heteroatoms. The molecule has 0 aromatic heterocycles. The van der Waals surface area contributed by atoms with E-state index in [0.29, 0.717) is 29.4 Å². The van der Waals surface area contributed by atoms with Gasteiger partial charge in [-0.3, -0.25) is 4.79 Å². The van der Waals surface area contributed by atoms with Crippen molar-refractivity contribution in [3.63, 3.8) is 0 Å². The van der Waals surface area contributed by atoms with Gasteiger partial charge in [0.1, 0.15) is 11.9 Å². The number of ether oxygens (including phenoxy) is 2. The Balaban J connectivity index is 2.21. The highest BCUT2D eigenvalue weighted by molar-refractivity contribution is 6.31. The molecule has 17 heavy (non-hydrogen) atoms. The molecule has 2 atom stereocenters. The first-order valence-electron chi connectivity index (χ1n) is 5.60. The maximum Gasteiger partial charge on any atom is 0.170 e. The fraction of sp³-hybridized carbons (Fsp3) is 0.462. The fourth-order valence-corrected chi connectivity index (χ4v) is 2.18. The first kappa shape index (κ1) is 12.4. The summed E-state index contributed by atoms with van der Waals surface area (Å²) >= 11 is 5.86. The van der Waals surface area contributed by atoms with E-state index in [-0.39, 0.29) is 17.8 Å². The zero-order valence-corrected chi connectivity index (χ0v) is 10.7. The van der Waals surface area contributed by atoms with E-state index in [0.717, 1.165) is 0 Å². The van der Waals surface area contributed by atoms with Gasteiger partial charge in [0.05, 0.1) is 12.2 Å². The van der Waals surface area contributed by atoms with Crippen LogP contribution in [0.4, 0.5) is 0 Å². The van der Waals surface area contributed by atoms with Crippen molar-refractivity contribution in [2.24, 2.45) is 5.92 Å². The molecule has 0 N–H and O–H groups in total. The lowest BCUT2D eigenvalue weighted by Gasteiger charge is -2.29. The molecule has 1 aromatic carbocycles. The maximum atomic E-state index is 12.0. The predicted molar refractivity (Wildman–Crippen MR) is 65.9 cm³/mol. The number of Topliss-reactive ketones (excluding diaryl/α,β-unsaturated/α-hetero) is 1. The lowest BCUT2D eigenvalue weighted by atomic mass is 9.94. The van der Waals surface area contributed by atoms with Gasteiger partial charge in [0.2, 0.25) is 0 Å². The molecule has 0 saturated heterocycles. The van der Waals surface area contributed by atoms with Gasteiger partial charge in [0.25, 0.3) is 0 Å². The number of carbonyl (C=O) groups is 1. The monoisotopic (exact) mass is 254 g/mol. The summed E-state index contributed by atoms with van der Waals surface area (Å²) in [6, 6.07) is 5.15. The SMILES string of the molecule is COCC(C)C1CC(=O)c2cc(Cl)ccc2O1. The van der Waals surface area contributed by atoms with Crippen LogP contribution in [0.15, 0.2) is 18.2 Å². The Kier molecular flexibility index (Phi) is 3.69. The first-order valence-corrected chi connectivity index (χ1v) is 5.98. The number of hydrogen-bond acceptors (Lipinski definition) is 3. The lowest BCUT2D eigenvalue weighted by Crippen LogP contribution is -2.34. The molecule has 0 radical (unpaired) electrons. The Bertz CT molecular complexity index is 431. The molecule has 0 bridgehead atoms. The van der Waals surface area contributed by atoms with Gasteiger partial charge < -0.3 is 9.47 Å². The van der Waals surface area contributed by atoms with Gasteiger partial charge in [0.15, 0.2) is 5.78 Å².